The molecule has 216 valence electrons. The first-order valence-electron chi connectivity index (χ1n) is 13.3. The summed E-state index contributed by atoms with van der Waals surface area (Å²) < 4.78 is 53.2. The van der Waals surface area contributed by atoms with E-state index in [1.54, 1.807) is 6.20 Å². The fourth-order valence-electron chi connectivity index (χ4n) is 3.93. The summed E-state index contributed by atoms with van der Waals surface area (Å²) in [6, 6.07) is 9.55. The molecule has 4 rings (SSSR count). The molecule has 0 aliphatic heterocycles. The molecule has 0 saturated heterocycles. The van der Waals surface area contributed by atoms with Gasteiger partial charge in [-0.1, -0.05) is 44.5 Å². The SMILES string of the molecule is CCC(F)(CC)C(F)(F)F.CCCc1ccnc(/C(=C\N)C(=O)Nc2cc(-c3noc(C4CC4)n3)ccc2C)c1. The maximum absolute atomic E-state index is 13.0. The van der Waals surface area contributed by atoms with E-state index in [-0.39, 0.29) is 5.91 Å². The van der Waals surface area contributed by atoms with Gasteiger partial charge in [0.2, 0.25) is 17.4 Å². The lowest BCUT2D eigenvalue weighted by atomic mass is 9.99. The molecule has 7 nitrogen and oxygen atoms in total. The van der Waals surface area contributed by atoms with Crippen molar-refractivity contribution in [1.29, 1.82) is 0 Å². The molecule has 0 radical (unpaired) electrons. The maximum Gasteiger partial charge on any atom is 0.422 e. The van der Waals surface area contributed by atoms with Gasteiger partial charge in [-0.2, -0.15) is 18.2 Å². The predicted octanol–water partition coefficient (Wildman–Crippen LogP) is 7.29. The van der Waals surface area contributed by atoms with E-state index in [0.29, 0.717) is 34.6 Å². The van der Waals surface area contributed by atoms with Crippen LogP contribution < -0.4 is 11.1 Å². The zero-order chi connectivity index (χ0) is 29.5. The van der Waals surface area contributed by atoms with Gasteiger partial charge in [0.05, 0.1) is 11.3 Å². The Balaban J connectivity index is 0.000000378. The number of hydrogen-bond donors (Lipinski definition) is 2. The first-order valence-corrected chi connectivity index (χ1v) is 13.3. The summed E-state index contributed by atoms with van der Waals surface area (Å²) in [7, 11) is 0. The van der Waals surface area contributed by atoms with Crippen LogP contribution in [0.2, 0.25) is 0 Å². The molecule has 1 amide bonds. The van der Waals surface area contributed by atoms with E-state index in [0.717, 1.165) is 42.4 Å². The summed E-state index contributed by atoms with van der Waals surface area (Å²) in [5.74, 6) is 1.29. The summed E-state index contributed by atoms with van der Waals surface area (Å²) in [5, 5.41) is 7.03. The van der Waals surface area contributed by atoms with Crippen molar-refractivity contribution in [2.24, 2.45) is 5.73 Å². The first kappa shape index (κ1) is 30.8. The topological polar surface area (TPSA) is 107 Å². The van der Waals surface area contributed by atoms with Crippen LogP contribution >= 0.6 is 0 Å². The van der Waals surface area contributed by atoms with Gasteiger partial charge in [0.1, 0.15) is 0 Å². The quantitative estimate of drug-likeness (QED) is 0.210. The molecular weight excluding hydrogens is 526 g/mol. The lowest BCUT2D eigenvalue weighted by Gasteiger charge is -2.24. The highest BCUT2D eigenvalue weighted by Crippen LogP contribution is 2.40. The average molecular weight is 562 g/mol. The summed E-state index contributed by atoms with van der Waals surface area (Å²) >= 11 is 0. The standard InChI is InChI=1S/C23H25N5O2.C6H10F4/c1-3-4-15-9-10-25-20(11-15)18(13-24)22(29)26-19-12-17(6-5-14(19)2)21-27-23(30-28-21)16-7-8-16;1-3-5(7,4-2)6(8,9)10/h5-6,9-13,16H,3-4,7-8,24H2,1-2H3,(H,26,29);3-4H2,1-2H3/b18-13+;. The molecule has 1 aromatic carbocycles. The second kappa shape index (κ2) is 13.1. The fourth-order valence-corrected chi connectivity index (χ4v) is 3.93. The van der Waals surface area contributed by atoms with Crippen molar-refractivity contribution >= 4 is 17.2 Å². The van der Waals surface area contributed by atoms with Gasteiger partial charge in [-0.15, -0.1) is 0 Å². The molecule has 1 saturated carbocycles. The number of aryl methyl sites for hydroxylation is 2. The zero-order valence-corrected chi connectivity index (χ0v) is 23.1. The molecule has 2 heterocycles. The second-order valence-corrected chi connectivity index (χ2v) is 9.76. The summed E-state index contributed by atoms with van der Waals surface area (Å²) in [6.45, 7) is 6.42. The number of halogens is 4. The highest BCUT2D eigenvalue weighted by atomic mass is 19.4. The van der Waals surface area contributed by atoms with Crippen LogP contribution in [0, 0.1) is 6.92 Å². The van der Waals surface area contributed by atoms with Crippen LogP contribution in [-0.2, 0) is 11.2 Å². The number of alkyl halides is 4. The first-order chi connectivity index (χ1) is 19.0. The van der Waals surface area contributed by atoms with Gasteiger partial charge in [0.15, 0.2) is 0 Å². The number of anilines is 1. The van der Waals surface area contributed by atoms with Crippen LogP contribution in [0.5, 0.6) is 0 Å². The van der Waals surface area contributed by atoms with E-state index >= 15 is 0 Å². The Kier molecular flexibility index (Phi) is 10.1. The van der Waals surface area contributed by atoms with Gasteiger partial charge < -0.3 is 15.6 Å². The van der Waals surface area contributed by atoms with Gasteiger partial charge >= 0.3 is 6.18 Å². The molecule has 0 unspecified atom stereocenters. The molecule has 11 heteroatoms. The largest absolute Gasteiger partial charge is 0.422 e. The zero-order valence-electron chi connectivity index (χ0n) is 23.1. The van der Waals surface area contributed by atoms with Gasteiger partial charge in [-0.3, -0.25) is 9.78 Å². The number of benzene rings is 1. The predicted molar refractivity (Wildman–Crippen MR) is 146 cm³/mol. The molecule has 3 N–H and O–H groups in total. The highest BCUT2D eigenvalue weighted by Gasteiger charge is 2.52. The Morgan fingerprint density at radius 3 is 2.38 bits per heavy atom. The van der Waals surface area contributed by atoms with Crippen molar-refractivity contribution in [2.75, 3.05) is 5.32 Å². The normalized spacial score (nSPS) is 13.9. The van der Waals surface area contributed by atoms with Crippen LogP contribution in [0.1, 0.15) is 81.5 Å². The van der Waals surface area contributed by atoms with Crippen LogP contribution in [0.4, 0.5) is 23.2 Å². The van der Waals surface area contributed by atoms with Crippen LogP contribution in [-0.4, -0.2) is 32.9 Å². The second-order valence-electron chi connectivity index (χ2n) is 9.76. The minimum absolute atomic E-state index is 0.314. The number of carbonyl (C=O) groups excluding carboxylic acids is 1. The molecule has 0 spiro atoms. The Labute approximate surface area is 231 Å². The van der Waals surface area contributed by atoms with E-state index < -0.39 is 24.7 Å². The number of rotatable bonds is 9. The number of nitrogens with two attached hydrogens (primary N) is 1. The summed E-state index contributed by atoms with van der Waals surface area (Å²) in [6.07, 6.45) is 1.41. The van der Waals surface area contributed by atoms with Gasteiger partial charge in [-0.25, -0.2) is 4.39 Å². The molecule has 40 heavy (non-hydrogen) atoms. The lowest BCUT2D eigenvalue weighted by molar-refractivity contribution is -0.232. The van der Waals surface area contributed by atoms with Crippen LogP contribution in [0.3, 0.4) is 0 Å². The van der Waals surface area contributed by atoms with E-state index in [2.05, 4.69) is 27.4 Å². The highest BCUT2D eigenvalue weighted by molar-refractivity contribution is 6.24. The molecule has 1 aliphatic carbocycles. The van der Waals surface area contributed by atoms with Crippen molar-refractivity contribution in [2.45, 2.75) is 84.0 Å². The van der Waals surface area contributed by atoms with Crippen molar-refractivity contribution in [3.63, 3.8) is 0 Å². The molecule has 1 aliphatic rings. The number of amides is 1. The molecule has 0 atom stereocenters. The minimum atomic E-state index is -4.71. The Bertz CT molecular complexity index is 1330. The monoisotopic (exact) mass is 561 g/mol. The van der Waals surface area contributed by atoms with Gasteiger partial charge in [0.25, 0.3) is 5.91 Å². The number of nitrogens with one attached hydrogen (secondary N) is 1. The number of nitrogens with zero attached hydrogens (tertiary/aromatic N) is 3. The van der Waals surface area contributed by atoms with Gasteiger partial charge in [-0.05, 0) is 68.4 Å². The Hall–Kier alpha value is -3.76. The van der Waals surface area contributed by atoms with Crippen molar-refractivity contribution in [3.05, 3.63) is 65.4 Å². The average Bonchev–Trinajstić information content (AvgIpc) is 3.66. The third-order valence-corrected chi connectivity index (χ3v) is 6.79. The molecule has 1 fully saturated rings. The Morgan fingerprint density at radius 1 is 1.12 bits per heavy atom. The van der Waals surface area contributed by atoms with Crippen LogP contribution in [0.15, 0.2) is 47.3 Å². The lowest BCUT2D eigenvalue weighted by Crippen LogP contribution is -2.39. The smallest absolute Gasteiger partial charge is 0.404 e. The van der Waals surface area contributed by atoms with E-state index in [4.69, 9.17) is 10.3 Å². The molecule has 0 bridgehead atoms. The summed E-state index contributed by atoms with van der Waals surface area (Å²) in [4.78, 5) is 21.8. The van der Waals surface area contributed by atoms with Crippen molar-refractivity contribution in [1.82, 2.24) is 15.1 Å². The third-order valence-electron chi connectivity index (χ3n) is 6.79. The fraction of sp³-hybridized carbons (Fsp3) is 0.448. The van der Waals surface area contributed by atoms with E-state index in [1.165, 1.54) is 20.0 Å². The molecule has 3 aromatic rings. The van der Waals surface area contributed by atoms with Crippen molar-refractivity contribution < 1.29 is 26.9 Å². The minimum Gasteiger partial charge on any atom is -0.404 e. The molecule has 2 aromatic heterocycles. The Morgan fingerprint density at radius 2 is 1.82 bits per heavy atom. The third kappa shape index (κ3) is 7.45. The van der Waals surface area contributed by atoms with E-state index in [1.807, 2.05) is 37.3 Å². The maximum atomic E-state index is 13.0. The number of pyridine rings is 1. The van der Waals surface area contributed by atoms with Gasteiger partial charge in [0, 0.05) is 29.6 Å². The van der Waals surface area contributed by atoms with E-state index in [9.17, 15) is 22.4 Å². The number of carbonyl (C=O) groups is 1. The summed E-state index contributed by atoms with van der Waals surface area (Å²) in [5.41, 5.74) is 7.18. The van der Waals surface area contributed by atoms with Crippen LogP contribution in [0.25, 0.3) is 17.0 Å². The number of hydrogen-bond acceptors (Lipinski definition) is 6. The van der Waals surface area contributed by atoms with Crippen molar-refractivity contribution in [3.8, 4) is 11.4 Å². The number of aromatic nitrogens is 3. The molecular formula is C29H35F4N5O2.